The number of rotatable bonds is 7. The molecule has 0 spiro atoms. The van der Waals surface area contributed by atoms with E-state index in [1.807, 2.05) is 45.7 Å². The largest absolute Gasteiger partial charge is 0.365 e. The van der Waals surface area contributed by atoms with Gasteiger partial charge in [-0.25, -0.2) is 0 Å². The summed E-state index contributed by atoms with van der Waals surface area (Å²) in [6.45, 7) is 20.3. The van der Waals surface area contributed by atoms with Gasteiger partial charge in [0.25, 0.3) is 0 Å². The summed E-state index contributed by atoms with van der Waals surface area (Å²) in [5, 5.41) is 2.62. The van der Waals surface area contributed by atoms with E-state index in [0.717, 1.165) is 10.6 Å². The van der Waals surface area contributed by atoms with Gasteiger partial charge in [0.1, 0.15) is 0 Å². The number of benzene rings is 1. The van der Waals surface area contributed by atoms with Gasteiger partial charge in [0, 0.05) is 29.6 Å². The maximum atomic E-state index is 11.5. The van der Waals surface area contributed by atoms with Gasteiger partial charge in [-0.05, 0) is 31.6 Å². The van der Waals surface area contributed by atoms with Crippen molar-refractivity contribution in [2.75, 3.05) is 20.6 Å². The third-order valence-corrected chi connectivity index (χ3v) is 4.49. The molecule has 0 aliphatic rings. The number of carbonyl (C=O) groups excluding carboxylic acids is 1. The lowest BCUT2D eigenvalue weighted by Crippen LogP contribution is -2.32. The fraction of sp³-hybridized carbons (Fsp3) is 0.409. The van der Waals surface area contributed by atoms with Gasteiger partial charge in [0.15, 0.2) is 0 Å². The van der Waals surface area contributed by atoms with Crippen molar-refractivity contribution in [3.05, 3.63) is 65.2 Å². The molecule has 0 unspecified atom stereocenters. The molecule has 26 heavy (non-hydrogen) atoms. The fourth-order valence-electron chi connectivity index (χ4n) is 1.91. The van der Waals surface area contributed by atoms with Crippen molar-refractivity contribution in [1.82, 2.24) is 10.2 Å². The Kier molecular flexibility index (Phi) is 15.5. The van der Waals surface area contributed by atoms with Crippen LogP contribution in [-0.2, 0) is 4.79 Å². The van der Waals surface area contributed by atoms with Crippen molar-refractivity contribution in [3.8, 4) is 0 Å². The summed E-state index contributed by atoms with van der Waals surface area (Å²) in [4.78, 5) is 15.5. The highest BCUT2D eigenvalue weighted by Gasteiger charge is 2.13. The van der Waals surface area contributed by atoms with E-state index in [2.05, 4.69) is 50.5 Å². The Hall–Kier alpha value is -1.94. The summed E-state index contributed by atoms with van der Waals surface area (Å²) in [6.07, 6.45) is 3.66. The number of nitrogens with zero attached hydrogens (tertiary/aromatic N) is 1. The molecular formula is C22H36N2OS. The first-order valence-electron chi connectivity index (χ1n) is 9.07. The Morgan fingerprint density at radius 3 is 2.27 bits per heavy atom. The first-order chi connectivity index (χ1) is 12.4. The van der Waals surface area contributed by atoms with Crippen molar-refractivity contribution in [2.24, 2.45) is 0 Å². The van der Waals surface area contributed by atoms with Crippen molar-refractivity contribution < 1.29 is 4.79 Å². The van der Waals surface area contributed by atoms with Crippen LogP contribution in [0.2, 0.25) is 0 Å². The predicted molar refractivity (Wildman–Crippen MR) is 119 cm³/mol. The molecule has 1 N–H and O–H groups in total. The molecule has 1 rings (SSSR count). The van der Waals surface area contributed by atoms with Gasteiger partial charge < -0.3 is 10.2 Å². The average Bonchev–Trinajstić information content (AvgIpc) is 2.65. The van der Waals surface area contributed by atoms with E-state index in [-0.39, 0.29) is 12.5 Å². The summed E-state index contributed by atoms with van der Waals surface area (Å²) in [6, 6.07) is 6.36. The smallest absolute Gasteiger partial charge is 0.239 e. The van der Waals surface area contributed by atoms with Crippen LogP contribution in [0.15, 0.2) is 59.0 Å². The third kappa shape index (κ3) is 9.52. The van der Waals surface area contributed by atoms with E-state index >= 15 is 0 Å². The SMILES string of the molecule is C=C/C=C(/Sc1ccc(C)cc1C)C(=C)N(C)CC(=O)NC.CC.CC. The molecule has 0 saturated heterocycles. The van der Waals surface area contributed by atoms with Crippen LogP contribution in [0.1, 0.15) is 38.8 Å². The molecule has 0 aromatic heterocycles. The number of nitrogens with one attached hydrogen (secondary N) is 1. The normalized spacial score (nSPS) is 9.77. The first-order valence-corrected chi connectivity index (χ1v) is 9.89. The Morgan fingerprint density at radius 2 is 1.81 bits per heavy atom. The van der Waals surface area contributed by atoms with Crippen LogP contribution in [-0.4, -0.2) is 31.4 Å². The molecule has 0 fully saturated rings. The van der Waals surface area contributed by atoms with Crippen LogP contribution >= 0.6 is 11.8 Å². The predicted octanol–water partition coefficient (Wildman–Crippen LogP) is 5.71. The van der Waals surface area contributed by atoms with E-state index < -0.39 is 0 Å². The molecule has 0 aliphatic carbocycles. The molecule has 0 heterocycles. The lowest BCUT2D eigenvalue weighted by atomic mass is 10.2. The van der Waals surface area contributed by atoms with Gasteiger partial charge in [-0.3, -0.25) is 4.79 Å². The van der Waals surface area contributed by atoms with Crippen molar-refractivity contribution in [3.63, 3.8) is 0 Å². The molecule has 4 heteroatoms. The monoisotopic (exact) mass is 376 g/mol. The second-order valence-electron chi connectivity index (χ2n) is 5.11. The van der Waals surface area contributed by atoms with Crippen molar-refractivity contribution >= 4 is 17.7 Å². The third-order valence-electron chi connectivity index (χ3n) is 3.22. The highest BCUT2D eigenvalue weighted by Crippen LogP contribution is 2.34. The van der Waals surface area contributed by atoms with E-state index in [1.54, 1.807) is 24.9 Å². The molecule has 1 aromatic rings. The molecular weight excluding hydrogens is 340 g/mol. The second kappa shape index (κ2) is 15.3. The van der Waals surface area contributed by atoms with Crippen LogP contribution < -0.4 is 5.32 Å². The molecule has 0 radical (unpaired) electrons. The topological polar surface area (TPSA) is 32.3 Å². The van der Waals surface area contributed by atoms with Gasteiger partial charge in [0.05, 0.1) is 6.54 Å². The average molecular weight is 377 g/mol. The number of thioether (sulfide) groups is 1. The van der Waals surface area contributed by atoms with E-state index in [1.165, 1.54) is 16.0 Å². The molecule has 0 bridgehead atoms. The molecule has 0 saturated carbocycles. The number of hydrogen-bond acceptors (Lipinski definition) is 3. The van der Waals surface area contributed by atoms with E-state index in [0.29, 0.717) is 0 Å². The van der Waals surface area contributed by atoms with Crippen LogP contribution in [0.4, 0.5) is 0 Å². The van der Waals surface area contributed by atoms with Crippen molar-refractivity contribution in [2.45, 2.75) is 46.4 Å². The minimum Gasteiger partial charge on any atom is -0.365 e. The number of carbonyl (C=O) groups is 1. The molecule has 0 aliphatic heterocycles. The summed E-state index contributed by atoms with van der Waals surface area (Å²) >= 11 is 1.64. The molecule has 1 aromatic carbocycles. The Balaban J connectivity index is 0. The quantitative estimate of drug-likeness (QED) is 0.489. The zero-order valence-corrected chi connectivity index (χ0v) is 18.6. The number of amides is 1. The number of hydrogen-bond donors (Lipinski definition) is 1. The minimum atomic E-state index is -0.0434. The van der Waals surface area contributed by atoms with Crippen LogP contribution in [0.25, 0.3) is 0 Å². The molecule has 146 valence electrons. The molecule has 1 amide bonds. The Labute approximate surface area is 165 Å². The summed E-state index contributed by atoms with van der Waals surface area (Å²) < 4.78 is 0. The van der Waals surface area contributed by atoms with Gasteiger partial charge in [-0.1, -0.05) is 76.4 Å². The Morgan fingerprint density at radius 1 is 1.23 bits per heavy atom. The minimum absolute atomic E-state index is 0.0434. The van der Waals surface area contributed by atoms with Crippen LogP contribution in [0.3, 0.4) is 0 Å². The maximum Gasteiger partial charge on any atom is 0.239 e. The number of aryl methyl sites for hydroxylation is 2. The highest BCUT2D eigenvalue weighted by molar-refractivity contribution is 8.03. The standard InChI is InChI=1S/C18H24N2OS.2C2H6/c1-7-8-17(15(4)20(6)12-18(21)19-5)22-16-10-9-13(2)11-14(16)3;2*1-2/h7-11H,1,4,12H2,2-3,5-6H3,(H,19,21);2*1-2H3/b17-8+;;. The number of likely N-dealkylation sites (N-methyl/N-ethyl adjacent to an activating group) is 2. The summed E-state index contributed by atoms with van der Waals surface area (Å²) in [5.74, 6) is -0.0434. The lowest BCUT2D eigenvalue weighted by Gasteiger charge is -2.23. The van der Waals surface area contributed by atoms with Crippen LogP contribution in [0.5, 0.6) is 0 Å². The summed E-state index contributed by atoms with van der Waals surface area (Å²) in [5.41, 5.74) is 3.27. The molecule has 3 nitrogen and oxygen atoms in total. The zero-order valence-electron chi connectivity index (χ0n) is 17.8. The van der Waals surface area contributed by atoms with E-state index in [4.69, 9.17) is 0 Å². The fourth-order valence-corrected chi connectivity index (χ4v) is 2.94. The highest BCUT2D eigenvalue weighted by atomic mass is 32.2. The second-order valence-corrected chi connectivity index (χ2v) is 6.20. The lowest BCUT2D eigenvalue weighted by molar-refractivity contribution is -0.121. The summed E-state index contributed by atoms with van der Waals surface area (Å²) in [7, 11) is 3.49. The zero-order chi connectivity index (χ0) is 20.7. The molecule has 0 atom stereocenters. The van der Waals surface area contributed by atoms with Gasteiger partial charge in [0.2, 0.25) is 5.91 Å². The van der Waals surface area contributed by atoms with Crippen LogP contribution in [0, 0.1) is 13.8 Å². The van der Waals surface area contributed by atoms with Gasteiger partial charge >= 0.3 is 0 Å². The Bertz CT molecular complexity index is 606. The van der Waals surface area contributed by atoms with Gasteiger partial charge in [-0.15, -0.1) is 0 Å². The first kappa shape index (κ1) is 26.3. The van der Waals surface area contributed by atoms with Gasteiger partial charge in [-0.2, -0.15) is 0 Å². The number of allylic oxidation sites excluding steroid dienone is 2. The van der Waals surface area contributed by atoms with Crippen molar-refractivity contribution in [1.29, 1.82) is 0 Å². The maximum absolute atomic E-state index is 11.5. The van der Waals surface area contributed by atoms with E-state index in [9.17, 15) is 4.79 Å².